The molecule has 0 fully saturated rings. The molecule has 2 aromatic carbocycles. The van der Waals surface area contributed by atoms with Crippen molar-refractivity contribution in [3.8, 4) is 17.1 Å². The lowest BCUT2D eigenvalue weighted by molar-refractivity contribution is -0.384. The van der Waals surface area contributed by atoms with Crippen LogP contribution in [0, 0.1) is 10.1 Å². The Morgan fingerprint density at radius 3 is 2.68 bits per heavy atom. The Morgan fingerprint density at radius 2 is 2.00 bits per heavy atom. The SMILES string of the molecule is O=Cc1cc([N+](=O)[O-])ccc1OCc1nc(-c2cccc(C(F)(F)F)c2)no1. The molecule has 8 nitrogen and oxygen atoms in total. The normalized spacial score (nSPS) is 11.2. The second kappa shape index (κ2) is 7.47. The number of halogens is 3. The molecule has 144 valence electrons. The van der Waals surface area contributed by atoms with Gasteiger partial charge in [0.25, 0.3) is 11.6 Å². The van der Waals surface area contributed by atoms with Crippen LogP contribution in [-0.4, -0.2) is 21.4 Å². The van der Waals surface area contributed by atoms with Crippen molar-refractivity contribution in [2.45, 2.75) is 12.8 Å². The maximum absolute atomic E-state index is 12.8. The first-order chi connectivity index (χ1) is 13.3. The lowest BCUT2D eigenvalue weighted by Crippen LogP contribution is -2.04. The number of benzene rings is 2. The van der Waals surface area contributed by atoms with Gasteiger partial charge in [-0.05, 0) is 18.2 Å². The first-order valence-corrected chi connectivity index (χ1v) is 7.64. The predicted molar refractivity (Wildman–Crippen MR) is 87.6 cm³/mol. The van der Waals surface area contributed by atoms with Crippen LogP contribution in [0.3, 0.4) is 0 Å². The lowest BCUT2D eigenvalue weighted by atomic mass is 10.1. The zero-order chi connectivity index (χ0) is 20.3. The highest BCUT2D eigenvalue weighted by molar-refractivity contribution is 5.80. The smallest absolute Gasteiger partial charge is 0.416 e. The van der Waals surface area contributed by atoms with Gasteiger partial charge in [0, 0.05) is 17.7 Å². The molecule has 0 N–H and O–H groups in total. The fraction of sp³-hybridized carbons (Fsp3) is 0.118. The highest BCUT2D eigenvalue weighted by Crippen LogP contribution is 2.31. The number of nitrogens with zero attached hydrogens (tertiary/aromatic N) is 3. The van der Waals surface area contributed by atoms with Crippen LogP contribution < -0.4 is 4.74 Å². The summed E-state index contributed by atoms with van der Waals surface area (Å²) in [5.74, 6) is -0.0638. The number of carbonyl (C=O) groups is 1. The van der Waals surface area contributed by atoms with Crippen LogP contribution in [0.2, 0.25) is 0 Å². The van der Waals surface area contributed by atoms with Gasteiger partial charge in [-0.1, -0.05) is 17.3 Å². The van der Waals surface area contributed by atoms with Gasteiger partial charge in [0.1, 0.15) is 5.75 Å². The highest BCUT2D eigenvalue weighted by atomic mass is 19.4. The van der Waals surface area contributed by atoms with E-state index in [1.165, 1.54) is 18.2 Å². The van der Waals surface area contributed by atoms with E-state index in [9.17, 15) is 28.1 Å². The number of hydrogen-bond donors (Lipinski definition) is 0. The van der Waals surface area contributed by atoms with E-state index in [0.717, 1.165) is 24.3 Å². The third kappa shape index (κ3) is 4.14. The molecule has 0 saturated heterocycles. The fourth-order valence-corrected chi connectivity index (χ4v) is 2.28. The van der Waals surface area contributed by atoms with Crippen molar-refractivity contribution in [1.29, 1.82) is 0 Å². The Morgan fingerprint density at radius 1 is 1.21 bits per heavy atom. The third-order valence-corrected chi connectivity index (χ3v) is 3.60. The van der Waals surface area contributed by atoms with Crippen molar-refractivity contribution < 1.29 is 32.1 Å². The zero-order valence-electron chi connectivity index (χ0n) is 13.8. The predicted octanol–water partition coefficient (Wildman–Crippen LogP) is 4.06. The minimum Gasteiger partial charge on any atom is -0.483 e. The Labute approximate surface area is 154 Å². The standard InChI is InChI=1S/C17H10F3N3O5/c18-17(19,20)12-3-1-2-10(6-12)16-21-15(28-22-16)9-27-14-5-4-13(23(25)26)7-11(14)8-24/h1-8H,9H2. The van der Waals surface area contributed by atoms with Crippen LogP contribution in [0.1, 0.15) is 21.8 Å². The average molecular weight is 393 g/mol. The molecule has 0 amide bonds. The van der Waals surface area contributed by atoms with Gasteiger partial charge in [-0.3, -0.25) is 14.9 Å². The molecule has 0 bridgehead atoms. The Hall–Kier alpha value is -3.76. The third-order valence-electron chi connectivity index (χ3n) is 3.60. The summed E-state index contributed by atoms with van der Waals surface area (Å²) < 4.78 is 48.7. The van der Waals surface area contributed by atoms with Crippen LogP contribution in [0.5, 0.6) is 5.75 Å². The maximum atomic E-state index is 12.8. The number of ether oxygens (including phenoxy) is 1. The number of alkyl halides is 3. The summed E-state index contributed by atoms with van der Waals surface area (Å²) in [7, 11) is 0. The number of nitro groups is 1. The number of carbonyl (C=O) groups excluding carboxylic acids is 1. The molecule has 0 spiro atoms. The molecular formula is C17H10F3N3O5. The summed E-state index contributed by atoms with van der Waals surface area (Å²) in [6, 6.07) is 7.86. The highest BCUT2D eigenvalue weighted by Gasteiger charge is 2.30. The first-order valence-electron chi connectivity index (χ1n) is 7.64. The van der Waals surface area contributed by atoms with Gasteiger partial charge in [0.2, 0.25) is 5.82 Å². The maximum Gasteiger partial charge on any atom is 0.416 e. The van der Waals surface area contributed by atoms with E-state index in [4.69, 9.17) is 9.26 Å². The lowest BCUT2D eigenvalue weighted by Gasteiger charge is -2.06. The monoisotopic (exact) mass is 393 g/mol. The molecule has 0 radical (unpaired) electrons. The molecule has 0 saturated carbocycles. The molecule has 3 rings (SSSR count). The molecule has 28 heavy (non-hydrogen) atoms. The van der Waals surface area contributed by atoms with Gasteiger partial charge >= 0.3 is 6.18 Å². The van der Waals surface area contributed by atoms with E-state index in [2.05, 4.69) is 10.1 Å². The number of aromatic nitrogens is 2. The summed E-state index contributed by atoms with van der Waals surface area (Å²) in [6.45, 7) is -0.287. The average Bonchev–Trinajstić information content (AvgIpc) is 3.14. The van der Waals surface area contributed by atoms with E-state index < -0.39 is 16.7 Å². The van der Waals surface area contributed by atoms with Crippen molar-refractivity contribution in [3.63, 3.8) is 0 Å². The second-order valence-corrected chi connectivity index (χ2v) is 5.48. The van der Waals surface area contributed by atoms with Crippen molar-refractivity contribution in [2.75, 3.05) is 0 Å². The first kappa shape index (κ1) is 19.0. The van der Waals surface area contributed by atoms with Crippen LogP contribution >= 0.6 is 0 Å². The fourth-order valence-electron chi connectivity index (χ4n) is 2.28. The minimum absolute atomic E-state index is 0.0492. The molecule has 11 heteroatoms. The largest absolute Gasteiger partial charge is 0.483 e. The molecule has 0 aliphatic rings. The molecule has 1 aromatic heterocycles. The molecule has 1 heterocycles. The number of rotatable bonds is 6. The molecule has 0 aliphatic heterocycles. The van der Waals surface area contributed by atoms with Crippen molar-refractivity contribution >= 4 is 12.0 Å². The number of non-ortho nitro benzene ring substituents is 1. The number of nitro benzene ring substituents is 1. The molecular weight excluding hydrogens is 383 g/mol. The van der Waals surface area contributed by atoms with Gasteiger partial charge in [-0.2, -0.15) is 18.2 Å². The van der Waals surface area contributed by atoms with Gasteiger partial charge in [0.15, 0.2) is 12.9 Å². The van der Waals surface area contributed by atoms with Crippen molar-refractivity contribution in [3.05, 3.63) is 69.6 Å². The van der Waals surface area contributed by atoms with E-state index in [-0.39, 0.29) is 40.9 Å². The number of aldehydes is 1. The van der Waals surface area contributed by atoms with Crippen LogP contribution in [0.25, 0.3) is 11.4 Å². The summed E-state index contributed by atoms with van der Waals surface area (Å²) in [6.07, 6.45) is -4.11. The van der Waals surface area contributed by atoms with Crippen molar-refractivity contribution in [1.82, 2.24) is 10.1 Å². The molecule has 0 unspecified atom stereocenters. The summed E-state index contributed by atoms with van der Waals surface area (Å²) in [4.78, 5) is 25.1. The van der Waals surface area contributed by atoms with E-state index >= 15 is 0 Å². The summed E-state index contributed by atoms with van der Waals surface area (Å²) >= 11 is 0. The summed E-state index contributed by atoms with van der Waals surface area (Å²) in [5.41, 5.74) is -1.08. The van der Waals surface area contributed by atoms with E-state index in [1.54, 1.807) is 0 Å². The number of hydrogen-bond acceptors (Lipinski definition) is 7. The minimum atomic E-state index is -4.51. The quantitative estimate of drug-likeness (QED) is 0.353. The van der Waals surface area contributed by atoms with Gasteiger partial charge in [-0.25, -0.2) is 0 Å². The van der Waals surface area contributed by atoms with Crippen LogP contribution in [0.15, 0.2) is 47.0 Å². The van der Waals surface area contributed by atoms with Gasteiger partial charge < -0.3 is 9.26 Å². The second-order valence-electron chi connectivity index (χ2n) is 5.48. The Balaban J connectivity index is 1.76. The topological polar surface area (TPSA) is 108 Å². The Kier molecular flexibility index (Phi) is 5.07. The van der Waals surface area contributed by atoms with Crippen LogP contribution in [0.4, 0.5) is 18.9 Å². The van der Waals surface area contributed by atoms with E-state index in [0.29, 0.717) is 6.29 Å². The van der Waals surface area contributed by atoms with Gasteiger partial charge in [0.05, 0.1) is 16.1 Å². The molecule has 3 aromatic rings. The van der Waals surface area contributed by atoms with Crippen LogP contribution in [-0.2, 0) is 12.8 Å². The Bertz CT molecular complexity index is 1030. The molecule has 0 aliphatic carbocycles. The zero-order valence-corrected chi connectivity index (χ0v) is 13.8. The summed E-state index contributed by atoms with van der Waals surface area (Å²) in [5, 5.41) is 14.3. The molecule has 0 atom stereocenters. The van der Waals surface area contributed by atoms with Crippen molar-refractivity contribution in [2.24, 2.45) is 0 Å². The van der Waals surface area contributed by atoms with E-state index in [1.807, 2.05) is 0 Å². The van der Waals surface area contributed by atoms with Gasteiger partial charge in [-0.15, -0.1) is 0 Å².